The smallest absolute Gasteiger partial charge is 0.123 e. The first-order valence-electron chi connectivity index (χ1n) is 2.66. The SMILES string of the molecule is Cl.NN(Cl)c1ccc(F)cc1. The second-order valence-electron chi connectivity index (χ2n) is 1.79. The summed E-state index contributed by atoms with van der Waals surface area (Å²) in [6, 6.07) is 5.56. The van der Waals surface area contributed by atoms with Gasteiger partial charge in [-0.15, -0.1) is 12.4 Å². The van der Waals surface area contributed by atoms with E-state index in [-0.39, 0.29) is 18.2 Å². The molecule has 0 aliphatic carbocycles. The van der Waals surface area contributed by atoms with E-state index in [0.717, 1.165) is 4.53 Å². The Hall–Kier alpha value is -0.510. The van der Waals surface area contributed by atoms with Gasteiger partial charge in [0.05, 0.1) is 5.69 Å². The van der Waals surface area contributed by atoms with Crippen molar-refractivity contribution in [2.24, 2.45) is 5.84 Å². The van der Waals surface area contributed by atoms with Gasteiger partial charge in [-0.05, 0) is 24.3 Å². The van der Waals surface area contributed by atoms with Crippen LogP contribution in [0, 0.1) is 5.82 Å². The van der Waals surface area contributed by atoms with Crippen molar-refractivity contribution in [2.45, 2.75) is 0 Å². The van der Waals surface area contributed by atoms with Gasteiger partial charge in [0.15, 0.2) is 0 Å². The summed E-state index contributed by atoms with van der Waals surface area (Å²) < 4.78 is 13.1. The van der Waals surface area contributed by atoms with Crippen molar-refractivity contribution in [1.29, 1.82) is 0 Å². The van der Waals surface area contributed by atoms with E-state index in [1.807, 2.05) is 0 Å². The summed E-state index contributed by atoms with van der Waals surface area (Å²) in [6.07, 6.45) is 0. The molecule has 1 aromatic rings. The molecule has 2 nitrogen and oxygen atoms in total. The zero-order valence-corrected chi connectivity index (χ0v) is 7.07. The Morgan fingerprint density at radius 1 is 1.27 bits per heavy atom. The van der Waals surface area contributed by atoms with Crippen LogP contribution in [0.2, 0.25) is 0 Å². The standard InChI is InChI=1S/C6H6ClFN2.ClH/c7-10(9)6-3-1-5(8)2-4-6;/h1-4H,9H2;1H. The highest BCUT2D eigenvalue weighted by atomic mass is 35.5. The third-order valence-corrected chi connectivity index (χ3v) is 1.27. The average Bonchev–Trinajstić information content (AvgIpc) is 1.88. The summed E-state index contributed by atoms with van der Waals surface area (Å²) in [7, 11) is 0. The molecule has 0 unspecified atom stereocenters. The molecule has 0 radical (unpaired) electrons. The maximum atomic E-state index is 12.2. The van der Waals surface area contributed by atoms with Crippen LogP contribution in [0.25, 0.3) is 0 Å². The van der Waals surface area contributed by atoms with E-state index in [1.165, 1.54) is 24.3 Å². The Morgan fingerprint density at radius 3 is 2.09 bits per heavy atom. The second kappa shape index (κ2) is 4.38. The molecule has 0 aliphatic heterocycles. The molecular formula is C6H7Cl2FN2. The Labute approximate surface area is 75.2 Å². The highest BCUT2D eigenvalue weighted by molar-refractivity contribution is 6.24. The predicted molar refractivity (Wildman–Crippen MR) is 46.2 cm³/mol. The molecule has 0 atom stereocenters. The van der Waals surface area contributed by atoms with Crippen LogP contribution in [0.4, 0.5) is 10.1 Å². The highest BCUT2D eigenvalue weighted by Crippen LogP contribution is 2.12. The summed E-state index contributed by atoms with van der Waals surface area (Å²) in [5.74, 6) is 4.84. The van der Waals surface area contributed by atoms with E-state index in [4.69, 9.17) is 17.6 Å². The van der Waals surface area contributed by atoms with Crippen molar-refractivity contribution in [3.05, 3.63) is 30.1 Å². The molecule has 2 N–H and O–H groups in total. The summed E-state index contributed by atoms with van der Waals surface area (Å²) in [5.41, 5.74) is 0.558. The molecule has 1 rings (SSSR count). The summed E-state index contributed by atoms with van der Waals surface area (Å²) in [4.78, 5) is 0. The van der Waals surface area contributed by atoms with E-state index < -0.39 is 0 Å². The lowest BCUT2D eigenvalue weighted by atomic mass is 10.3. The van der Waals surface area contributed by atoms with Gasteiger partial charge in [0.25, 0.3) is 0 Å². The van der Waals surface area contributed by atoms with E-state index in [0.29, 0.717) is 5.69 Å². The van der Waals surface area contributed by atoms with Gasteiger partial charge in [-0.2, -0.15) is 0 Å². The van der Waals surface area contributed by atoms with Crippen molar-refractivity contribution in [1.82, 2.24) is 0 Å². The topological polar surface area (TPSA) is 29.3 Å². The Kier molecular flexibility index (Phi) is 4.18. The zero-order valence-electron chi connectivity index (χ0n) is 5.50. The fourth-order valence-corrected chi connectivity index (χ4v) is 0.696. The molecule has 0 saturated heterocycles. The first kappa shape index (κ1) is 10.5. The van der Waals surface area contributed by atoms with Crippen LogP contribution in [-0.2, 0) is 0 Å². The predicted octanol–water partition coefficient (Wildman–Crippen LogP) is 2.08. The third kappa shape index (κ3) is 2.93. The van der Waals surface area contributed by atoms with Gasteiger partial charge < -0.3 is 0 Å². The molecule has 11 heavy (non-hydrogen) atoms. The Balaban J connectivity index is 0.000001000. The van der Waals surface area contributed by atoms with Crippen LogP contribution in [-0.4, -0.2) is 0 Å². The molecule has 0 aliphatic rings. The molecule has 62 valence electrons. The molecule has 0 amide bonds. The summed E-state index contributed by atoms with van der Waals surface area (Å²) >= 11 is 5.34. The third-order valence-electron chi connectivity index (χ3n) is 1.07. The summed E-state index contributed by atoms with van der Waals surface area (Å²) in [5, 5.41) is 0. The van der Waals surface area contributed by atoms with Crippen LogP contribution >= 0.6 is 24.2 Å². The van der Waals surface area contributed by atoms with Crippen molar-refractivity contribution in [3.8, 4) is 0 Å². The van der Waals surface area contributed by atoms with E-state index >= 15 is 0 Å². The normalized spacial score (nSPS) is 8.64. The number of benzene rings is 1. The largest absolute Gasteiger partial charge is 0.232 e. The number of hydrazine groups is 1. The van der Waals surface area contributed by atoms with Crippen LogP contribution in [0.5, 0.6) is 0 Å². The average molecular weight is 197 g/mol. The van der Waals surface area contributed by atoms with Gasteiger partial charge in [0, 0.05) is 11.8 Å². The zero-order chi connectivity index (χ0) is 7.56. The monoisotopic (exact) mass is 196 g/mol. The van der Waals surface area contributed by atoms with Crippen molar-refractivity contribution >= 4 is 29.9 Å². The Bertz CT molecular complexity index is 212. The fraction of sp³-hybridized carbons (Fsp3) is 0. The molecule has 0 saturated carbocycles. The lowest BCUT2D eigenvalue weighted by Crippen LogP contribution is -2.17. The van der Waals surface area contributed by atoms with E-state index in [9.17, 15) is 4.39 Å². The molecule has 0 heterocycles. The molecule has 0 aromatic heterocycles. The number of hydrogen-bond acceptors (Lipinski definition) is 2. The number of nitrogens with zero attached hydrogens (tertiary/aromatic N) is 1. The van der Waals surface area contributed by atoms with Gasteiger partial charge in [-0.1, -0.05) is 0 Å². The van der Waals surface area contributed by atoms with Gasteiger partial charge in [0.2, 0.25) is 0 Å². The molecule has 0 spiro atoms. The molecule has 5 heteroatoms. The van der Waals surface area contributed by atoms with Gasteiger partial charge in [0.1, 0.15) is 5.82 Å². The van der Waals surface area contributed by atoms with Crippen LogP contribution in [0.3, 0.4) is 0 Å². The summed E-state index contributed by atoms with van der Waals surface area (Å²) in [6.45, 7) is 0. The maximum Gasteiger partial charge on any atom is 0.123 e. The fourth-order valence-electron chi connectivity index (χ4n) is 0.584. The second-order valence-corrected chi connectivity index (χ2v) is 2.15. The molecule has 1 aromatic carbocycles. The number of nitrogens with two attached hydrogens (primary N) is 1. The van der Waals surface area contributed by atoms with Gasteiger partial charge >= 0.3 is 0 Å². The number of rotatable bonds is 1. The lowest BCUT2D eigenvalue weighted by molar-refractivity contribution is 0.628. The Morgan fingerprint density at radius 2 is 1.73 bits per heavy atom. The number of halogens is 3. The quantitative estimate of drug-likeness (QED) is 0.424. The van der Waals surface area contributed by atoms with Crippen LogP contribution < -0.4 is 10.4 Å². The molecule has 0 fully saturated rings. The lowest BCUT2D eigenvalue weighted by Gasteiger charge is -2.06. The minimum Gasteiger partial charge on any atom is -0.232 e. The van der Waals surface area contributed by atoms with Gasteiger partial charge in [-0.3, -0.25) is 0 Å². The first-order valence-corrected chi connectivity index (χ1v) is 3.00. The molecule has 0 bridgehead atoms. The molecular weight excluding hydrogens is 190 g/mol. The minimum atomic E-state index is -0.303. The van der Waals surface area contributed by atoms with Crippen molar-refractivity contribution in [2.75, 3.05) is 4.53 Å². The van der Waals surface area contributed by atoms with Crippen LogP contribution in [0.1, 0.15) is 0 Å². The van der Waals surface area contributed by atoms with Crippen LogP contribution in [0.15, 0.2) is 24.3 Å². The van der Waals surface area contributed by atoms with Gasteiger partial charge in [-0.25, -0.2) is 14.8 Å². The minimum absolute atomic E-state index is 0. The number of hydrogen-bond donors (Lipinski definition) is 1. The van der Waals surface area contributed by atoms with Crippen molar-refractivity contribution in [3.63, 3.8) is 0 Å². The van der Waals surface area contributed by atoms with E-state index in [1.54, 1.807) is 0 Å². The first-order chi connectivity index (χ1) is 4.70. The highest BCUT2D eigenvalue weighted by Gasteiger charge is 1.95. The van der Waals surface area contributed by atoms with E-state index in [2.05, 4.69) is 0 Å². The maximum absolute atomic E-state index is 12.2. The van der Waals surface area contributed by atoms with Crippen molar-refractivity contribution < 1.29 is 4.39 Å². The number of anilines is 1.